The Balaban J connectivity index is 2.18. The molecule has 0 bridgehead atoms. The monoisotopic (exact) mass is 414 g/mol. The average molecular weight is 416 g/mol. The van der Waals surface area contributed by atoms with Gasteiger partial charge in [-0.05, 0) is 23.8 Å². The van der Waals surface area contributed by atoms with Gasteiger partial charge in [-0.3, -0.25) is 14.3 Å². The summed E-state index contributed by atoms with van der Waals surface area (Å²) >= 11 is 10.4. The maximum Gasteiger partial charge on any atom is 0.335 e. The number of aromatic amines is 1. The molecule has 0 aliphatic heterocycles. The summed E-state index contributed by atoms with van der Waals surface area (Å²) in [6.45, 7) is 0.114. The molecular weight excluding hydrogens is 408 g/mol. The molecule has 1 aromatic carbocycles. The van der Waals surface area contributed by atoms with Gasteiger partial charge in [-0.25, -0.2) is 9.59 Å². The first-order valence-electron chi connectivity index (χ1n) is 6.29. The van der Waals surface area contributed by atoms with Crippen LogP contribution in [0, 0.1) is 0 Å². The molecule has 23 heavy (non-hydrogen) atoms. The third-order valence-corrected chi connectivity index (χ3v) is 5.10. The molecule has 0 amide bonds. The number of carboxylic acid groups (broad SMARTS) is 1. The second kappa shape index (κ2) is 5.95. The number of aromatic carboxylic acids is 1. The number of carboxylic acids is 1. The summed E-state index contributed by atoms with van der Waals surface area (Å²) in [6, 6.07) is 4.66. The predicted molar refractivity (Wildman–Crippen MR) is 91.9 cm³/mol. The van der Waals surface area contributed by atoms with Crippen LogP contribution in [0.5, 0.6) is 0 Å². The number of carbonyl (C=O) groups is 1. The number of H-pyrrole nitrogens is 1. The van der Waals surface area contributed by atoms with Gasteiger partial charge in [0.1, 0.15) is 4.83 Å². The number of thiophene rings is 1. The predicted octanol–water partition coefficient (Wildman–Crippen LogP) is 2.91. The van der Waals surface area contributed by atoms with Gasteiger partial charge in [0.15, 0.2) is 0 Å². The zero-order valence-corrected chi connectivity index (χ0v) is 14.5. The van der Waals surface area contributed by atoms with Crippen LogP contribution in [0.4, 0.5) is 0 Å². The molecule has 6 nitrogen and oxygen atoms in total. The van der Waals surface area contributed by atoms with Crippen LogP contribution < -0.4 is 11.2 Å². The lowest BCUT2D eigenvalue weighted by molar-refractivity contribution is 0.0696. The topological polar surface area (TPSA) is 92.2 Å². The molecule has 2 aromatic heterocycles. The molecule has 0 aliphatic rings. The number of rotatable bonds is 3. The second-order valence-electron chi connectivity index (χ2n) is 4.76. The Labute approximate surface area is 146 Å². The Morgan fingerprint density at radius 3 is 2.78 bits per heavy atom. The van der Waals surface area contributed by atoms with Crippen molar-refractivity contribution in [1.29, 1.82) is 0 Å². The highest BCUT2D eigenvalue weighted by Crippen LogP contribution is 2.26. The van der Waals surface area contributed by atoms with Crippen molar-refractivity contribution in [3.05, 3.63) is 65.0 Å². The number of hydrogen-bond donors (Lipinski definition) is 2. The lowest BCUT2D eigenvalue weighted by Crippen LogP contribution is -2.30. The summed E-state index contributed by atoms with van der Waals surface area (Å²) in [7, 11) is 0. The van der Waals surface area contributed by atoms with Crippen LogP contribution in [-0.2, 0) is 6.54 Å². The van der Waals surface area contributed by atoms with Crippen LogP contribution in [0.25, 0.3) is 10.2 Å². The van der Waals surface area contributed by atoms with E-state index in [0.717, 1.165) is 0 Å². The molecule has 3 rings (SSSR count). The number of hydrogen-bond acceptors (Lipinski definition) is 4. The first-order valence-corrected chi connectivity index (χ1v) is 8.34. The van der Waals surface area contributed by atoms with Crippen LogP contribution in [0.3, 0.4) is 0 Å². The summed E-state index contributed by atoms with van der Waals surface area (Å²) in [5, 5.41) is 11.2. The zero-order valence-electron chi connectivity index (χ0n) is 11.3. The molecule has 0 atom stereocenters. The van der Waals surface area contributed by atoms with Gasteiger partial charge in [0.05, 0.1) is 22.5 Å². The van der Waals surface area contributed by atoms with Gasteiger partial charge in [-0.1, -0.05) is 27.5 Å². The first-order chi connectivity index (χ1) is 10.9. The van der Waals surface area contributed by atoms with Crippen molar-refractivity contribution in [3.8, 4) is 0 Å². The number of fused-ring (bicyclic) bond motifs is 1. The van der Waals surface area contributed by atoms with Crippen molar-refractivity contribution >= 4 is 55.1 Å². The van der Waals surface area contributed by atoms with Crippen LogP contribution in [0.2, 0.25) is 5.02 Å². The molecule has 0 saturated heterocycles. The summed E-state index contributed by atoms with van der Waals surface area (Å²) in [5.74, 6) is -1.06. The molecule has 2 N–H and O–H groups in total. The summed E-state index contributed by atoms with van der Waals surface area (Å²) in [6.07, 6.45) is 0. The molecule has 2 heterocycles. The summed E-state index contributed by atoms with van der Waals surface area (Å²) in [4.78, 5) is 37.8. The minimum Gasteiger partial charge on any atom is -0.478 e. The van der Waals surface area contributed by atoms with Crippen LogP contribution in [0.1, 0.15) is 15.9 Å². The van der Waals surface area contributed by atoms with E-state index in [2.05, 4.69) is 20.9 Å². The van der Waals surface area contributed by atoms with Crippen molar-refractivity contribution < 1.29 is 9.90 Å². The number of nitrogens with one attached hydrogen (secondary N) is 1. The molecule has 0 saturated carbocycles. The van der Waals surface area contributed by atoms with Crippen LogP contribution in [-0.4, -0.2) is 20.6 Å². The van der Waals surface area contributed by atoms with E-state index in [4.69, 9.17) is 16.7 Å². The third-order valence-electron chi connectivity index (χ3n) is 3.21. The molecule has 0 fully saturated rings. The Morgan fingerprint density at radius 2 is 2.09 bits per heavy atom. The number of aromatic nitrogens is 2. The van der Waals surface area contributed by atoms with Crippen molar-refractivity contribution in [2.45, 2.75) is 6.54 Å². The van der Waals surface area contributed by atoms with E-state index in [1.165, 1.54) is 28.0 Å². The molecule has 0 spiro atoms. The fourth-order valence-corrected chi connectivity index (χ4v) is 4.08. The van der Waals surface area contributed by atoms with Gasteiger partial charge < -0.3 is 5.11 Å². The standard InChI is InChI=1S/C14H8BrClN2O4S/c15-8-2-6(1-7(3-8)13(20)21)4-18-12-10(9(16)5-23-12)11(19)17-14(18)22/h1-3,5H,4H2,(H,20,21)(H,17,19,22). The van der Waals surface area contributed by atoms with Gasteiger partial charge >= 0.3 is 11.7 Å². The van der Waals surface area contributed by atoms with Gasteiger partial charge in [-0.2, -0.15) is 0 Å². The molecule has 118 valence electrons. The maximum atomic E-state index is 12.1. The van der Waals surface area contributed by atoms with E-state index in [1.54, 1.807) is 11.4 Å². The van der Waals surface area contributed by atoms with Gasteiger partial charge in [-0.15, -0.1) is 11.3 Å². The fraction of sp³-hybridized carbons (Fsp3) is 0.0714. The molecule has 0 aliphatic carbocycles. The summed E-state index contributed by atoms with van der Waals surface area (Å²) < 4.78 is 1.95. The second-order valence-corrected chi connectivity index (χ2v) is 6.94. The van der Waals surface area contributed by atoms with Crippen molar-refractivity contribution in [2.75, 3.05) is 0 Å². The van der Waals surface area contributed by atoms with Gasteiger partial charge in [0.25, 0.3) is 5.56 Å². The Bertz CT molecular complexity index is 1050. The smallest absolute Gasteiger partial charge is 0.335 e. The van der Waals surface area contributed by atoms with E-state index < -0.39 is 17.2 Å². The zero-order chi connectivity index (χ0) is 16.7. The minimum atomic E-state index is -1.06. The lowest BCUT2D eigenvalue weighted by atomic mass is 10.1. The highest BCUT2D eigenvalue weighted by atomic mass is 79.9. The normalized spacial score (nSPS) is 11.0. The van der Waals surface area contributed by atoms with E-state index in [-0.39, 0.29) is 22.5 Å². The van der Waals surface area contributed by atoms with Crippen LogP contribution in [0.15, 0.2) is 37.6 Å². The Morgan fingerprint density at radius 1 is 1.35 bits per heavy atom. The van der Waals surface area contributed by atoms with Gasteiger partial charge in [0, 0.05) is 9.85 Å². The maximum absolute atomic E-state index is 12.1. The van der Waals surface area contributed by atoms with Crippen molar-refractivity contribution in [2.24, 2.45) is 0 Å². The fourth-order valence-electron chi connectivity index (χ4n) is 2.24. The molecular formula is C14H8BrClN2O4S. The lowest BCUT2D eigenvalue weighted by Gasteiger charge is -2.08. The quantitative estimate of drug-likeness (QED) is 0.688. The number of nitrogens with zero attached hydrogens (tertiary/aromatic N) is 1. The first kappa shape index (κ1) is 16.0. The van der Waals surface area contributed by atoms with E-state index in [0.29, 0.717) is 14.9 Å². The number of halogens is 2. The Kier molecular flexibility index (Phi) is 4.13. The van der Waals surface area contributed by atoms with Crippen molar-refractivity contribution in [1.82, 2.24) is 9.55 Å². The molecule has 0 unspecified atom stereocenters. The average Bonchev–Trinajstić information content (AvgIpc) is 2.85. The SMILES string of the molecule is O=C(O)c1cc(Br)cc(Cn2c(=O)[nH]c(=O)c3c(Cl)csc32)c1. The summed E-state index contributed by atoms with van der Waals surface area (Å²) in [5.41, 5.74) is -0.394. The highest BCUT2D eigenvalue weighted by Gasteiger charge is 2.14. The van der Waals surface area contributed by atoms with Gasteiger partial charge in [0.2, 0.25) is 0 Å². The Hall–Kier alpha value is -1.90. The number of benzene rings is 1. The molecule has 3 aromatic rings. The van der Waals surface area contributed by atoms with E-state index >= 15 is 0 Å². The van der Waals surface area contributed by atoms with E-state index in [1.807, 2.05) is 0 Å². The molecule has 0 radical (unpaired) electrons. The van der Waals surface area contributed by atoms with E-state index in [9.17, 15) is 14.4 Å². The minimum absolute atomic E-state index is 0.104. The van der Waals surface area contributed by atoms with Crippen molar-refractivity contribution in [3.63, 3.8) is 0 Å². The van der Waals surface area contributed by atoms with Crippen LogP contribution >= 0.6 is 38.9 Å². The third kappa shape index (κ3) is 2.97. The largest absolute Gasteiger partial charge is 0.478 e. The highest BCUT2D eigenvalue weighted by molar-refractivity contribution is 9.10. The molecule has 9 heteroatoms.